The number of morpholine rings is 1. The highest BCUT2D eigenvalue weighted by atomic mass is 35.5. The molecule has 0 bridgehead atoms. The van der Waals surface area contributed by atoms with Crippen molar-refractivity contribution in [1.82, 2.24) is 15.0 Å². The molecule has 4 rings (SSSR count). The van der Waals surface area contributed by atoms with Gasteiger partial charge in [0.1, 0.15) is 6.33 Å². The molecule has 3 aromatic rings. The van der Waals surface area contributed by atoms with Gasteiger partial charge in [0.05, 0.1) is 23.8 Å². The first-order chi connectivity index (χ1) is 10.8. The van der Waals surface area contributed by atoms with E-state index in [1.54, 1.807) is 6.07 Å². The number of anilines is 1. The van der Waals surface area contributed by atoms with Crippen LogP contribution in [0.5, 0.6) is 0 Å². The Hall–Kier alpha value is -2.18. The maximum atomic E-state index is 6.21. The molecule has 7 heteroatoms. The monoisotopic (exact) mass is 316 g/mol. The molecule has 3 heterocycles. The average molecular weight is 317 g/mol. The lowest BCUT2D eigenvalue weighted by atomic mass is 10.2. The van der Waals surface area contributed by atoms with Crippen LogP contribution in [0.15, 0.2) is 35.0 Å². The summed E-state index contributed by atoms with van der Waals surface area (Å²) >= 11 is 6.21. The number of rotatable bonds is 2. The van der Waals surface area contributed by atoms with E-state index in [1.165, 1.54) is 6.33 Å². The number of benzene rings is 1. The molecule has 0 unspecified atom stereocenters. The Bertz CT molecular complexity index is 814. The second kappa shape index (κ2) is 5.55. The molecule has 112 valence electrons. The molecule has 22 heavy (non-hydrogen) atoms. The standard InChI is InChI=1S/C15H13ClN4O2/c16-11-4-2-1-3-10(11)14-19-12-13(17-9-18-15(12)22-14)20-5-7-21-8-6-20/h1-4,9H,5-8H2. The maximum Gasteiger partial charge on any atom is 0.252 e. The molecule has 0 saturated carbocycles. The van der Waals surface area contributed by atoms with Gasteiger partial charge in [-0.1, -0.05) is 23.7 Å². The van der Waals surface area contributed by atoms with Gasteiger partial charge in [-0.25, -0.2) is 9.97 Å². The van der Waals surface area contributed by atoms with Gasteiger partial charge in [0.25, 0.3) is 5.71 Å². The summed E-state index contributed by atoms with van der Waals surface area (Å²) in [5, 5.41) is 0.593. The van der Waals surface area contributed by atoms with E-state index < -0.39 is 0 Å². The zero-order valence-electron chi connectivity index (χ0n) is 11.7. The van der Waals surface area contributed by atoms with E-state index >= 15 is 0 Å². The molecule has 0 amide bonds. The lowest BCUT2D eigenvalue weighted by Gasteiger charge is -2.27. The second-order valence-corrected chi connectivity index (χ2v) is 5.36. The van der Waals surface area contributed by atoms with Crippen LogP contribution in [0.4, 0.5) is 5.82 Å². The lowest BCUT2D eigenvalue weighted by molar-refractivity contribution is 0.122. The molecule has 0 aliphatic carbocycles. The lowest BCUT2D eigenvalue weighted by Crippen LogP contribution is -2.36. The van der Waals surface area contributed by atoms with Crippen LogP contribution in [0, 0.1) is 0 Å². The van der Waals surface area contributed by atoms with Crippen molar-refractivity contribution in [2.45, 2.75) is 0 Å². The predicted octanol–water partition coefficient (Wildman–Crippen LogP) is 2.77. The number of ether oxygens (including phenoxy) is 1. The third kappa shape index (κ3) is 2.30. The van der Waals surface area contributed by atoms with Crippen molar-refractivity contribution in [3.8, 4) is 11.5 Å². The molecule has 0 atom stereocenters. The Morgan fingerprint density at radius 1 is 1.09 bits per heavy atom. The smallest absolute Gasteiger partial charge is 0.252 e. The van der Waals surface area contributed by atoms with Gasteiger partial charge < -0.3 is 14.1 Å². The quantitative estimate of drug-likeness (QED) is 0.724. The van der Waals surface area contributed by atoms with Crippen molar-refractivity contribution in [2.24, 2.45) is 0 Å². The first kappa shape index (κ1) is 13.5. The Labute approximate surface area is 131 Å². The Kier molecular flexibility index (Phi) is 3.40. The van der Waals surface area contributed by atoms with Crippen molar-refractivity contribution < 1.29 is 9.15 Å². The normalized spacial score (nSPS) is 15.4. The molecule has 1 aliphatic rings. The fraction of sp³-hybridized carbons (Fsp3) is 0.267. The van der Waals surface area contributed by atoms with Gasteiger partial charge in [-0.3, -0.25) is 0 Å². The number of aromatic nitrogens is 3. The Morgan fingerprint density at radius 3 is 2.73 bits per heavy atom. The summed E-state index contributed by atoms with van der Waals surface area (Å²) < 4.78 is 11.1. The second-order valence-electron chi connectivity index (χ2n) is 4.95. The Morgan fingerprint density at radius 2 is 1.91 bits per heavy atom. The minimum absolute atomic E-state index is 0.454. The van der Waals surface area contributed by atoms with Crippen LogP contribution in [0.2, 0.25) is 5.02 Å². The van der Waals surface area contributed by atoms with Gasteiger partial charge in [-0.2, -0.15) is 4.98 Å². The summed E-state index contributed by atoms with van der Waals surface area (Å²) in [4.78, 5) is 15.2. The van der Waals surface area contributed by atoms with Crippen LogP contribution in [-0.2, 0) is 4.74 Å². The van der Waals surface area contributed by atoms with E-state index in [-0.39, 0.29) is 0 Å². The van der Waals surface area contributed by atoms with Crippen LogP contribution in [0.25, 0.3) is 22.7 Å². The minimum Gasteiger partial charge on any atom is -0.417 e. The molecule has 1 fully saturated rings. The van der Waals surface area contributed by atoms with Crippen LogP contribution in [0.1, 0.15) is 0 Å². The highest BCUT2D eigenvalue weighted by Crippen LogP contribution is 2.31. The minimum atomic E-state index is 0.454. The molecular formula is C15H13ClN4O2. The average Bonchev–Trinajstić information content (AvgIpc) is 3.00. The van der Waals surface area contributed by atoms with E-state index in [0.29, 0.717) is 35.4 Å². The van der Waals surface area contributed by atoms with E-state index in [4.69, 9.17) is 20.8 Å². The highest BCUT2D eigenvalue weighted by molar-refractivity contribution is 6.33. The van der Waals surface area contributed by atoms with E-state index in [0.717, 1.165) is 24.5 Å². The number of hydrogen-bond acceptors (Lipinski definition) is 6. The van der Waals surface area contributed by atoms with Gasteiger partial charge in [-0.05, 0) is 12.1 Å². The zero-order chi connectivity index (χ0) is 14.9. The fourth-order valence-electron chi connectivity index (χ4n) is 2.50. The molecule has 1 aromatic carbocycles. The van der Waals surface area contributed by atoms with Crippen molar-refractivity contribution in [3.05, 3.63) is 35.6 Å². The molecule has 0 radical (unpaired) electrons. The molecular weight excluding hydrogens is 304 g/mol. The Balaban J connectivity index is 1.82. The van der Waals surface area contributed by atoms with Crippen LogP contribution in [0.3, 0.4) is 0 Å². The third-order valence-corrected chi connectivity index (χ3v) is 3.92. The predicted molar refractivity (Wildman–Crippen MR) is 83.1 cm³/mol. The summed E-state index contributed by atoms with van der Waals surface area (Å²) in [5.74, 6) is 1.23. The summed E-state index contributed by atoms with van der Waals surface area (Å²) in [7, 11) is 0. The largest absolute Gasteiger partial charge is 0.417 e. The van der Waals surface area contributed by atoms with Crippen molar-refractivity contribution in [3.63, 3.8) is 0 Å². The van der Waals surface area contributed by atoms with Crippen molar-refractivity contribution in [2.75, 3.05) is 31.2 Å². The summed E-state index contributed by atoms with van der Waals surface area (Å²) in [5.41, 5.74) is 1.86. The van der Waals surface area contributed by atoms with Crippen LogP contribution >= 0.6 is 11.6 Å². The van der Waals surface area contributed by atoms with Crippen LogP contribution in [-0.4, -0.2) is 41.3 Å². The molecule has 6 nitrogen and oxygen atoms in total. The zero-order valence-corrected chi connectivity index (χ0v) is 12.5. The number of fused-ring (bicyclic) bond motifs is 1. The summed E-state index contributed by atoms with van der Waals surface area (Å²) in [6.45, 7) is 2.92. The van der Waals surface area contributed by atoms with Gasteiger partial charge in [0, 0.05) is 13.1 Å². The van der Waals surface area contributed by atoms with Gasteiger partial charge in [-0.15, -0.1) is 0 Å². The molecule has 1 aliphatic heterocycles. The van der Waals surface area contributed by atoms with Crippen LogP contribution < -0.4 is 4.90 Å². The van der Waals surface area contributed by atoms with Gasteiger partial charge in [0.15, 0.2) is 11.3 Å². The number of nitrogens with zero attached hydrogens (tertiary/aromatic N) is 4. The number of oxazole rings is 1. The summed E-state index contributed by atoms with van der Waals surface area (Å²) in [6.07, 6.45) is 1.49. The van der Waals surface area contributed by atoms with Crippen molar-refractivity contribution >= 4 is 28.6 Å². The van der Waals surface area contributed by atoms with E-state index in [9.17, 15) is 0 Å². The molecule has 1 saturated heterocycles. The summed E-state index contributed by atoms with van der Waals surface area (Å²) in [6, 6.07) is 7.44. The van der Waals surface area contributed by atoms with Gasteiger partial charge in [0.2, 0.25) is 5.89 Å². The highest BCUT2D eigenvalue weighted by Gasteiger charge is 2.20. The number of halogens is 1. The van der Waals surface area contributed by atoms with E-state index in [2.05, 4.69) is 19.9 Å². The van der Waals surface area contributed by atoms with Gasteiger partial charge >= 0.3 is 0 Å². The number of hydrogen-bond donors (Lipinski definition) is 0. The van der Waals surface area contributed by atoms with Crippen molar-refractivity contribution in [1.29, 1.82) is 0 Å². The molecule has 0 spiro atoms. The topological polar surface area (TPSA) is 64.3 Å². The third-order valence-electron chi connectivity index (χ3n) is 3.59. The maximum absolute atomic E-state index is 6.21. The SMILES string of the molecule is Clc1ccccc1-c1nc2c(N3CCOCC3)ncnc2o1. The first-order valence-electron chi connectivity index (χ1n) is 7.02. The van der Waals surface area contributed by atoms with E-state index in [1.807, 2.05) is 18.2 Å². The molecule has 0 N–H and O–H groups in total. The fourth-order valence-corrected chi connectivity index (χ4v) is 2.72. The molecule has 2 aromatic heterocycles. The first-order valence-corrected chi connectivity index (χ1v) is 7.40.